The van der Waals surface area contributed by atoms with E-state index in [2.05, 4.69) is 6.92 Å². The van der Waals surface area contributed by atoms with Crippen molar-refractivity contribution >= 4 is 18.9 Å². The molecule has 0 amide bonds. The Morgan fingerprint density at radius 3 is 2.00 bits per heavy atom. The van der Waals surface area contributed by atoms with Crippen molar-refractivity contribution in [1.82, 2.24) is 0 Å². The fourth-order valence-corrected chi connectivity index (χ4v) is 1.60. The third-order valence-electron chi connectivity index (χ3n) is 2.30. The van der Waals surface area contributed by atoms with Crippen LogP contribution in [0.2, 0.25) is 0 Å². The summed E-state index contributed by atoms with van der Waals surface area (Å²) in [5, 5.41) is 0. The summed E-state index contributed by atoms with van der Waals surface area (Å²) in [5.74, 6) is 1.09. The summed E-state index contributed by atoms with van der Waals surface area (Å²) in [6.45, 7) is 2.32. The van der Waals surface area contributed by atoms with Gasteiger partial charge in [0.05, 0.1) is 0 Å². The Labute approximate surface area is 70.6 Å². The van der Waals surface area contributed by atoms with Crippen molar-refractivity contribution in [2.24, 2.45) is 5.92 Å². The van der Waals surface area contributed by atoms with Crippen molar-refractivity contribution in [2.75, 3.05) is 0 Å². The topological polar surface area (TPSA) is 0 Å². The molecule has 9 heavy (non-hydrogen) atoms. The van der Waals surface area contributed by atoms with Crippen molar-refractivity contribution in [3.8, 4) is 0 Å². The van der Waals surface area contributed by atoms with Crippen LogP contribution in [0.5, 0.6) is 0 Å². The maximum atomic E-state index is 2.32. The smallest absolute Gasteiger partial charge is 0 e. The zero-order valence-electron chi connectivity index (χ0n) is 6.82. The molecule has 1 radical (unpaired) electrons. The molecule has 0 atom stereocenters. The van der Waals surface area contributed by atoms with Gasteiger partial charge in [-0.05, 0) is 5.92 Å². The van der Waals surface area contributed by atoms with E-state index >= 15 is 0 Å². The molecule has 1 saturated carbocycles. The molecule has 49 valence electrons. The molecule has 0 aromatic heterocycles. The number of rotatable bonds is 1. The van der Waals surface area contributed by atoms with E-state index in [-0.39, 0.29) is 18.9 Å². The van der Waals surface area contributed by atoms with Crippen LogP contribution in [0, 0.1) is 5.92 Å². The monoisotopic (exact) mass is 119 g/mol. The molecule has 0 N–H and O–H groups in total. The van der Waals surface area contributed by atoms with E-state index < -0.39 is 0 Å². The molecule has 0 nitrogen and oxygen atoms in total. The first-order valence-corrected chi connectivity index (χ1v) is 3.93. The zero-order chi connectivity index (χ0) is 5.82. The summed E-state index contributed by atoms with van der Waals surface area (Å²) in [6, 6.07) is 0. The Balaban J connectivity index is 0.000000640. The molecule has 0 heterocycles. The first kappa shape index (κ1) is 9.60. The van der Waals surface area contributed by atoms with Crippen LogP contribution in [-0.4, -0.2) is 18.9 Å². The molecule has 1 aliphatic rings. The summed E-state index contributed by atoms with van der Waals surface area (Å²) < 4.78 is 0. The van der Waals surface area contributed by atoms with Crippen molar-refractivity contribution < 1.29 is 0 Å². The van der Waals surface area contributed by atoms with Gasteiger partial charge in [-0.2, -0.15) is 0 Å². The van der Waals surface area contributed by atoms with E-state index in [1.54, 1.807) is 0 Å². The molecule has 0 aromatic carbocycles. The standard InChI is InChI=1S/C8H16.Li/c1-2-8-6-4-3-5-7-8;/h8H,2-7H2,1H3;. The summed E-state index contributed by atoms with van der Waals surface area (Å²) in [4.78, 5) is 0. The fourth-order valence-electron chi connectivity index (χ4n) is 1.60. The molecule has 0 saturated heterocycles. The SMILES string of the molecule is CCC1CCCCC1.[Li]. The molecule has 1 rings (SSSR count). The van der Waals surface area contributed by atoms with Crippen LogP contribution in [0.4, 0.5) is 0 Å². The Bertz CT molecular complexity index is 55.6. The summed E-state index contributed by atoms with van der Waals surface area (Å²) in [6.07, 6.45) is 8.93. The van der Waals surface area contributed by atoms with Crippen molar-refractivity contribution in [3.05, 3.63) is 0 Å². The van der Waals surface area contributed by atoms with E-state index in [0.717, 1.165) is 5.92 Å². The van der Waals surface area contributed by atoms with E-state index in [1.807, 2.05) is 0 Å². The maximum Gasteiger partial charge on any atom is 0 e. The quantitative estimate of drug-likeness (QED) is 0.465. The molecular formula is C8H16Li. The van der Waals surface area contributed by atoms with E-state index in [4.69, 9.17) is 0 Å². The van der Waals surface area contributed by atoms with Gasteiger partial charge in [-0.1, -0.05) is 45.4 Å². The van der Waals surface area contributed by atoms with E-state index in [1.165, 1.54) is 38.5 Å². The molecular weight excluding hydrogens is 103 g/mol. The third kappa shape index (κ3) is 3.33. The summed E-state index contributed by atoms with van der Waals surface area (Å²) in [5.41, 5.74) is 0. The average molecular weight is 119 g/mol. The molecule has 1 aliphatic carbocycles. The largest absolute Gasteiger partial charge is 0.0651 e. The molecule has 1 heteroatoms. The van der Waals surface area contributed by atoms with Crippen molar-refractivity contribution in [1.29, 1.82) is 0 Å². The van der Waals surface area contributed by atoms with Gasteiger partial charge in [0.25, 0.3) is 0 Å². The Morgan fingerprint density at radius 2 is 1.67 bits per heavy atom. The van der Waals surface area contributed by atoms with Gasteiger partial charge < -0.3 is 0 Å². The van der Waals surface area contributed by atoms with Gasteiger partial charge in [0.2, 0.25) is 0 Å². The van der Waals surface area contributed by atoms with Crippen LogP contribution in [0.15, 0.2) is 0 Å². The van der Waals surface area contributed by atoms with Crippen LogP contribution >= 0.6 is 0 Å². The molecule has 0 spiro atoms. The van der Waals surface area contributed by atoms with Gasteiger partial charge in [0.1, 0.15) is 0 Å². The van der Waals surface area contributed by atoms with E-state index in [9.17, 15) is 0 Å². The van der Waals surface area contributed by atoms with Gasteiger partial charge in [-0.25, -0.2) is 0 Å². The predicted molar refractivity (Wildman–Crippen MR) is 42.6 cm³/mol. The Morgan fingerprint density at radius 1 is 1.11 bits per heavy atom. The van der Waals surface area contributed by atoms with Crippen molar-refractivity contribution in [3.63, 3.8) is 0 Å². The first-order chi connectivity index (χ1) is 3.93. The molecule has 0 unspecified atom stereocenters. The minimum Gasteiger partial charge on any atom is -0.0651 e. The Kier molecular flexibility index (Phi) is 5.75. The second kappa shape index (κ2) is 5.39. The van der Waals surface area contributed by atoms with Crippen LogP contribution in [0.3, 0.4) is 0 Å². The first-order valence-electron chi connectivity index (χ1n) is 3.93. The number of hydrogen-bond acceptors (Lipinski definition) is 0. The van der Waals surface area contributed by atoms with Gasteiger partial charge in [0.15, 0.2) is 0 Å². The van der Waals surface area contributed by atoms with Crippen LogP contribution in [0.1, 0.15) is 45.4 Å². The van der Waals surface area contributed by atoms with E-state index in [0.29, 0.717) is 0 Å². The Hall–Kier alpha value is 0.597. The fraction of sp³-hybridized carbons (Fsp3) is 1.00. The minimum atomic E-state index is 0. The normalized spacial score (nSPS) is 21.0. The summed E-state index contributed by atoms with van der Waals surface area (Å²) in [7, 11) is 0. The van der Waals surface area contributed by atoms with Crippen LogP contribution in [-0.2, 0) is 0 Å². The van der Waals surface area contributed by atoms with Crippen LogP contribution < -0.4 is 0 Å². The predicted octanol–water partition coefficient (Wildman–Crippen LogP) is 2.60. The number of hydrogen-bond donors (Lipinski definition) is 0. The van der Waals surface area contributed by atoms with Gasteiger partial charge in [-0.15, -0.1) is 0 Å². The average Bonchev–Trinajstić information content (AvgIpc) is 1.90. The molecule has 0 bridgehead atoms. The molecule has 0 aromatic rings. The molecule has 0 aliphatic heterocycles. The minimum absolute atomic E-state index is 0. The van der Waals surface area contributed by atoms with Crippen LogP contribution in [0.25, 0.3) is 0 Å². The van der Waals surface area contributed by atoms with Gasteiger partial charge in [-0.3, -0.25) is 0 Å². The second-order valence-electron chi connectivity index (χ2n) is 2.91. The third-order valence-corrected chi connectivity index (χ3v) is 2.30. The summed E-state index contributed by atoms with van der Waals surface area (Å²) >= 11 is 0. The second-order valence-corrected chi connectivity index (χ2v) is 2.91. The van der Waals surface area contributed by atoms with Crippen molar-refractivity contribution in [2.45, 2.75) is 45.4 Å². The molecule has 1 fully saturated rings. The van der Waals surface area contributed by atoms with Gasteiger partial charge in [0, 0.05) is 18.9 Å². The zero-order valence-corrected chi connectivity index (χ0v) is 6.82. The maximum absolute atomic E-state index is 2.32. The van der Waals surface area contributed by atoms with Gasteiger partial charge >= 0.3 is 0 Å².